The van der Waals surface area contributed by atoms with Crippen LogP contribution >= 0.6 is 0 Å². The van der Waals surface area contributed by atoms with Crippen LogP contribution in [0.4, 0.5) is 10.1 Å². The summed E-state index contributed by atoms with van der Waals surface area (Å²) in [5.74, 6) is -1.02. The largest absolute Gasteiger partial charge is 0.376 e. The molecule has 0 bridgehead atoms. The lowest BCUT2D eigenvalue weighted by Crippen LogP contribution is -2.32. The van der Waals surface area contributed by atoms with Crippen molar-refractivity contribution in [1.82, 2.24) is 5.32 Å². The first-order valence-corrected chi connectivity index (χ1v) is 10.1. The van der Waals surface area contributed by atoms with Crippen molar-refractivity contribution in [2.45, 2.75) is 23.8 Å². The van der Waals surface area contributed by atoms with E-state index < -0.39 is 15.8 Å². The minimum absolute atomic E-state index is 0.00643. The minimum Gasteiger partial charge on any atom is -0.376 e. The zero-order chi connectivity index (χ0) is 19.4. The summed E-state index contributed by atoms with van der Waals surface area (Å²) in [6.45, 7) is 1.07. The number of carbonyl (C=O) groups excluding carboxylic acids is 1. The van der Waals surface area contributed by atoms with E-state index in [0.29, 0.717) is 13.2 Å². The predicted molar refractivity (Wildman–Crippen MR) is 99.7 cm³/mol. The van der Waals surface area contributed by atoms with Crippen LogP contribution in [-0.4, -0.2) is 40.6 Å². The Kier molecular flexibility index (Phi) is 5.76. The SMILES string of the molecule is CN(c1ccccc1F)S(=O)(=O)c1cccc(C(=O)NC[C@@H]2CCCO2)c1. The number of amides is 1. The van der Waals surface area contributed by atoms with Crippen molar-refractivity contribution in [1.29, 1.82) is 0 Å². The van der Waals surface area contributed by atoms with E-state index in [9.17, 15) is 17.6 Å². The van der Waals surface area contributed by atoms with Gasteiger partial charge in [0.1, 0.15) is 5.82 Å². The first-order chi connectivity index (χ1) is 12.9. The zero-order valence-corrected chi connectivity index (χ0v) is 15.7. The van der Waals surface area contributed by atoms with Crippen molar-refractivity contribution < 1.29 is 22.3 Å². The number of para-hydroxylation sites is 1. The van der Waals surface area contributed by atoms with Crippen molar-refractivity contribution >= 4 is 21.6 Å². The van der Waals surface area contributed by atoms with Gasteiger partial charge in [-0.1, -0.05) is 18.2 Å². The number of hydrogen-bond acceptors (Lipinski definition) is 4. The van der Waals surface area contributed by atoms with Crippen LogP contribution < -0.4 is 9.62 Å². The molecule has 0 aliphatic carbocycles. The Labute approximate surface area is 158 Å². The second kappa shape index (κ2) is 8.06. The van der Waals surface area contributed by atoms with Gasteiger partial charge in [0.25, 0.3) is 15.9 Å². The maximum atomic E-state index is 14.0. The van der Waals surface area contributed by atoms with Crippen molar-refractivity contribution in [3.63, 3.8) is 0 Å². The van der Waals surface area contributed by atoms with E-state index in [2.05, 4.69) is 5.32 Å². The molecule has 1 fully saturated rings. The highest BCUT2D eigenvalue weighted by molar-refractivity contribution is 7.92. The summed E-state index contributed by atoms with van der Waals surface area (Å²) >= 11 is 0. The van der Waals surface area contributed by atoms with Gasteiger partial charge in [-0.05, 0) is 43.2 Å². The molecular formula is C19H21FN2O4S. The van der Waals surface area contributed by atoms with Crippen LogP contribution in [-0.2, 0) is 14.8 Å². The van der Waals surface area contributed by atoms with Crippen LogP contribution in [0.25, 0.3) is 0 Å². The number of nitrogens with zero attached hydrogens (tertiary/aromatic N) is 1. The fraction of sp³-hybridized carbons (Fsp3) is 0.316. The molecule has 1 N–H and O–H groups in total. The third-order valence-corrected chi connectivity index (χ3v) is 6.23. The molecule has 1 aliphatic rings. The van der Waals surface area contributed by atoms with Gasteiger partial charge in [-0.15, -0.1) is 0 Å². The second-order valence-corrected chi connectivity index (χ2v) is 8.27. The lowest BCUT2D eigenvalue weighted by molar-refractivity contribution is 0.0857. The van der Waals surface area contributed by atoms with Crippen molar-refractivity contribution in [3.8, 4) is 0 Å². The number of halogens is 1. The van der Waals surface area contributed by atoms with E-state index in [4.69, 9.17) is 4.74 Å². The molecule has 8 heteroatoms. The van der Waals surface area contributed by atoms with Crippen molar-refractivity contribution in [2.75, 3.05) is 24.5 Å². The molecule has 0 spiro atoms. The highest BCUT2D eigenvalue weighted by atomic mass is 32.2. The summed E-state index contributed by atoms with van der Waals surface area (Å²) in [5.41, 5.74) is 0.154. The average molecular weight is 392 g/mol. The van der Waals surface area contributed by atoms with Gasteiger partial charge in [0.15, 0.2) is 0 Å². The van der Waals surface area contributed by atoms with Gasteiger partial charge in [0.05, 0.1) is 16.7 Å². The fourth-order valence-corrected chi connectivity index (χ4v) is 4.16. The fourth-order valence-electron chi connectivity index (χ4n) is 2.91. The Hall–Kier alpha value is -2.45. The highest BCUT2D eigenvalue weighted by Crippen LogP contribution is 2.25. The molecule has 1 aliphatic heterocycles. The van der Waals surface area contributed by atoms with E-state index in [1.165, 1.54) is 49.5 Å². The molecule has 1 heterocycles. The Morgan fingerprint density at radius 3 is 2.74 bits per heavy atom. The molecule has 144 valence electrons. The molecule has 6 nitrogen and oxygen atoms in total. The number of ether oxygens (including phenoxy) is 1. The van der Waals surface area contributed by atoms with Crippen LogP contribution in [0.2, 0.25) is 0 Å². The Morgan fingerprint density at radius 1 is 1.26 bits per heavy atom. The molecule has 0 aromatic heterocycles. The van der Waals surface area contributed by atoms with Crippen LogP contribution in [0, 0.1) is 5.82 Å². The van der Waals surface area contributed by atoms with Crippen molar-refractivity contribution in [3.05, 3.63) is 59.9 Å². The number of nitrogens with one attached hydrogen (secondary N) is 1. The third-order valence-electron chi connectivity index (χ3n) is 4.46. The maximum Gasteiger partial charge on any atom is 0.264 e. The summed E-state index contributed by atoms with van der Waals surface area (Å²) in [4.78, 5) is 12.3. The smallest absolute Gasteiger partial charge is 0.264 e. The molecular weight excluding hydrogens is 371 g/mol. The van der Waals surface area contributed by atoms with Gasteiger partial charge in [0.2, 0.25) is 0 Å². The average Bonchev–Trinajstić information content (AvgIpc) is 3.19. The zero-order valence-electron chi connectivity index (χ0n) is 14.9. The van der Waals surface area contributed by atoms with Crippen LogP contribution in [0.5, 0.6) is 0 Å². The molecule has 27 heavy (non-hydrogen) atoms. The molecule has 2 aromatic rings. The predicted octanol–water partition coefficient (Wildman–Crippen LogP) is 2.56. The summed E-state index contributed by atoms with van der Waals surface area (Å²) in [7, 11) is -2.74. The Balaban J connectivity index is 1.79. The van der Waals surface area contributed by atoms with Crippen molar-refractivity contribution in [2.24, 2.45) is 0 Å². The second-order valence-electron chi connectivity index (χ2n) is 6.30. The van der Waals surface area contributed by atoms with E-state index in [-0.39, 0.29) is 28.2 Å². The first-order valence-electron chi connectivity index (χ1n) is 8.63. The molecule has 1 saturated heterocycles. The molecule has 0 unspecified atom stereocenters. The topological polar surface area (TPSA) is 75.7 Å². The normalized spacial score (nSPS) is 16.9. The number of rotatable bonds is 6. The van der Waals surface area contributed by atoms with Gasteiger partial charge < -0.3 is 10.1 Å². The van der Waals surface area contributed by atoms with E-state index >= 15 is 0 Å². The highest BCUT2D eigenvalue weighted by Gasteiger charge is 2.24. The Morgan fingerprint density at radius 2 is 2.04 bits per heavy atom. The maximum absolute atomic E-state index is 14.0. The quantitative estimate of drug-likeness (QED) is 0.820. The van der Waals surface area contributed by atoms with Gasteiger partial charge in [-0.2, -0.15) is 0 Å². The molecule has 2 aromatic carbocycles. The summed E-state index contributed by atoms with van der Waals surface area (Å²) in [6, 6.07) is 11.3. The molecule has 1 amide bonds. The van der Waals surface area contributed by atoms with Gasteiger partial charge in [-0.25, -0.2) is 12.8 Å². The van der Waals surface area contributed by atoms with Gasteiger partial charge in [-0.3, -0.25) is 9.10 Å². The Bertz CT molecular complexity index is 927. The number of sulfonamides is 1. The third kappa shape index (κ3) is 4.28. The molecule has 0 radical (unpaired) electrons. The van der Waals surface area contributed by atoms with E-state index in [0.717, 1.165) is 17.1 Å². The monoisotopic (exact) mass is 392 g/mol. The number of carbonyl (C=O) groups is 1. The molecule has 1 atom stereocenters. The minimum atomic E-state index is -4.01. The number of hydrogen-bond donors (Lipinski definition) is 1. The van der Waals surface area contributed by atoms with Gasteiger partial charge >= 0.3 is 0 Å². The van der Waals surface area contributed by atoms with Crippen LogP contribution in [0.3, 0.4) is 0 Å². The number of benzene rings is 2. The number of anilines is 1. The first kappa shape index (κ1) is 19.3. The molecule has 3 rings (SSSR count). The van der Waals surface area contributed by atoms with E-state index in [1.54, 1.807) is 6.07 Å². The van der Waals surface area contributed by atoms with E-state index in [1.807, 2.05) is 0 Å². The summed E-state index contributed by atoms with van der Waals surface area (Å²) < 4.78 is 46.0. The van der Waals surface area contributed by atoms with Crippen LogP contribution in [0.1, 0.15) is 23.2 Å². The lowest BCUT2D eigenvalue weighted by atomic mass is 10.2. The van der Waals surface area contributed by atoms with Crippen LogP contribution in [0.15, 0.2) is 53.4 Å². The summed E-state index contributed by atoms with van der Waals surface area (Å²) in [5, 5.41) is 2.76. The standard InChI is InChI=1S/C19H21FN2O4S/c1-22(18-10-3-2-9-17(18)20)27(24,25)16-8-4-6-14(12-16)19(23)21-13-15-7-5-11-26-15/h2-4,6,8-10,12,15H,5,7,11,13H2,1H3,(H,21,23)/t15-/m0/s1. The molecule has 0 saturated carbocycles. The summed E-state index contributed by atoms with van der Waals surface area (Å²) in [6.07, 6.45) is 1.85. The van der Waals surface area contributed by atoms with Gasteiger partial charge in [0, 0.05) is 25.8 Å². The lowest BCUT2D eigenvalue weighted by Gasteiger charge is -2.20.